The quantitative estimate of drug-likeness (QED) is 0.843. The van der Waals surface area contributed by atoms with Crippen LogP contribution in [0.2, 0.25) is 0 Å². The number of nitrogens with zero attached hydrogens (tertiary/aromatic N) is 1. The molecule has 2 rings (SSSR count). The van der Waals surface area contributed by atoms with E-state index in [1.165, 1.54) is 6.07 Å². The Balaban J connectivity index is 2.34. The highest BCUT2D eigenvalue weighted by atomic mass is 19.4. The third-order valence-corrected chi connectivity index (χ3v) is 3.33. The summed E-state index contributed by atoms with van der Waals surface area (Å²) in [5.41, 5.74) is 1.31. The van der Waals surface area contributed by atoms with Crippen molar-refractivity contribution in [2.75, 3.05) is 13.6 Å². The fraction of sp³-hybridized carbons (Fsp3) is 0.429. The largest absolute Gasteiger partial charge is 0.416 e. The van der Waals surface area contributed by atoms with Gasteiger partial charge in [-0.15, -0.1) is 0 Å². The van der Waals surface area contributed by atoms with Gasteiger partial charge in [-0.1, -0.05) is 0 Å². The summed E-state index contributed by atoms with van der Waals surface area (Å²) in [7, 11) is 3.78. The van der Waals surface area contributed by atoms with E-state index in [1.54, 1.807) is 6.07 Å². The van der Waals surface area contributed by atoms with Gasteiger partial charge >= 0.3 is 6.18 Å². The van der Waals surface area contributed by atoms with Gasteiger partial charge in [0.05, 0.1) is 5.56 Å². The number of benzene rings is 1. The van der Waals surface area contributed by atoms with Gasteiger partial charge in [-0.25, -0.2) is 0 Å². The van der Waals surface area contributed by atoms with Gasteiger partial charge < -0.3 is 9.88 Å². The van der Waals surface area contributed by atoms with E-state index >= 15 is 0 Å². The summed E-state index contributed by atoms with van der Waals surface area (Å²) in [5, 5.41) is 3.71. The molecule has 0 spiro atoms. The first-order valence-corrected chi connectivity index (χ1v) is 6.23. The molecule has 19 heavy (non-hydrogen) atoms. The van der Waals surface area contributed by atoms with Crippen LogP contribution in [0.15, 0.2) is 24.3 Å². The van der Waals surface area contributed by atoms with Crippen LogP contribution in [0.1, 0.15) is 17.7 Å². The van der Waals surface area contributed by atoms with Crippen molar-refractivity contribution in [1.82, 2.24) is 9.88 Å². The fourth-order valence-electron chi connectivity index (χ4n) is 2.27. The fourth-order valence-corrected chi connectivity index (χ4v) is 2.27. The zero-order valence-corrected chi connectivity index (χ0v) is 11.0. The van der Waals surface area contributed by atoms with Gasteiger partial charge in [0, 0.05) is 23.6 Å². The standard InChI is InChI=1S/C14H17F3N2/c1-18-7-3-4-12-9-10-8-11(14(15,16)17)5-6-13(10)19(12)2/h5-6,8-9,18H,3-4,7H2,1-2H3. The molecule has 0 aliphatic rings. The Hall–Kier alpha value is -1.49. The summed E-state index contributed by atoms with van der Waals surface area (Å²) in [5.74, 6) is 0. The Morgan fingerprint density at radius 3 is 2.58 bits per heavy atom. The van der Waals surface area contributed by atoms with Gasteiger partial charge in [-0.2, -0.15) is 13.2 Å². The maximum absolute atomic E-state index is 12.7. The van der Waals surface area contributed by atoms with E-state index in [-0.39, 0.29) is 0 Å². The maximum Gasteiger partial charge on any atom is 0.416 e. The van der Waals surface area contributed by atoms with Crippen molar-refractivity contribution in [2.45, 2.75) is 19.0 Å². The van der Waals surface area contributed by atoms with E-state index in [0.717, 1.165) is 36.7 Å². The lowest BCUT2D eigenvalue weighted by atomic mass is 10.1. The normalized spacial score (nSPS) is 12.3. The Morgan fingerprint density at radius 1 is 1.21 bits per heavy atom. The van der Waals surface area contributed by atoms with Crippen LogP contribution in [0.3, 0.4) is 0 Å². The molecule has 2 nitrogen and oxygen atoms in total. The van der Waals surface area contributed by atoms with Crippen LogP contribution in [0.4, 0.5) is 13.2 Å². The minimum absolute atomic E-state index is 0.590. The molecule has 0 atom stereocenters. The first-order valence-electron chi connectivity index (χ1n) is 6.23. The van der Waals surface area contributed by atoms with Crippen LogP contribution < -0.4 is 5.32 Å². The molecule has 0 bridgehead atoms. The summed E-state index contributed by atoms with van der Waals surface area (Å²) in [6, 6.07) is 5.75. The van der Waals surface area contributed by atoms with Crippen LogP contribution in [0.5, 0.6) is 0 Å². The van der Waals surface area contributed by atoms with Crippen LogP contribution >= 0.6 is 0 Å². The molecule has 1 aromatic heterocycles. The first-order chi connectivity index (χ1) is 8.93. The van der Waals surface area contributed by atoms with Crippen molar-refractivity contribution in [2.24, 2.45) is 7.05 Å². The number of hydrogen-bond acceptors (Lipinski definition) is 1. The average molecular weight is 270 g/mol. The van der Waals surface area contributed by atoms with Crippen LogP contribution in [-0.4, -0.2) is 18.2 Å². The van der Waals surface area contributed by atoms with E-state index in [2.05, 4.69) is 5.32 Å². The monoisotopic (exact) mass is 270 g/mol. The topological polar surface area (TPSA) is 17.0 Å². The molecule has 0 saturated carbocycles. The summed E-state index contributed by atoms with van der Waals surface area (Å²) >= 11 is 0. The van der Waals surface area contributed by atoms with Crippen molar-refractivity contribution >= 4 is 10.9 Å². The van der Waals surface area contributed by atoms with E-state index in [0.29, 0.717) is 5.39 Å². The number of alkyl halides is 3. The molecule has 0 amide bonds. The highest BCUT2D eigenvalue weighted by Crippen LogP contribution is 2.32. The number of rotatable bonds is 4. The predicted octanol–water partition coefficient (Wildman–Crippen LogP) is 3.35. The molecule has 1 heterocycles. The molecule has 0 fully saturated rings. The summed E-state index contributed by atoms with van der Waals surface area (Å²) < 4.78 is 39.9. The zero-order valence-electron chi connectivity index (χ0n) is 11.0. The lowest BCUT2D eigenvalue weighted by Gasteiger charge is -2.07. The van der Waals surface area contributed by atoms with Crippen molar-refractivity contribution < 1.29 is 13.2 Å². The average Bonchev–Trinajstić information content (AvgIpc) is 2.65. The molecule has 0 aliphatic carbocycles. The van der Waals surface area contributed by atoms with Crippen LogP contribution in [-0.2, 0) is 19.6 Å². The highest BCUT2D eigenvalue weighted by molar-refractivity contribution is 5.82. The number of hydrogen-bond donors (Lipinski definition) is 1. The Morgan fingerprint density at radius 2 is 1.95 bits per heavy atom. The summed E-state index contributed by atoms with van der Waals surface area (Å²) in [4.78, 5) is 0. The van der Waals surface area contributed by atoms with E-state index < -0.39 is 11.7 Å². The molecular formula is C14H17F3N2. The van der Waals surface area contributed by atoms with Gasteiger partial charge in [0.25, 0.3) is 0 Å². The number of aryl methyl sites for hydroxylation is 2. The van der Waals surface area contributed by atoms with Gasteiger partial charge in [0.1, 0.15) is 0 Å². The van der Waals surface area contributed by atoms with Crippen molar-refractivity contribution in [3.05, 3.63) is 35.5 Å². The van der Waals surface area contributed by atoms with Crippen LogP contribution in [0.25, 0.3) is 10.9 Å². The smallest absolute Gasteiger partial charge is 0.348 e. The molecule has 0 radical (unpaired) electrons. The summed E-state index contributed by atoms with van der Waals surface area (Å²) in [6.45, 7) is 0.898. The Labute approximate surface area is 110 Å². The molecule has 0 aliphatic heterocycles. The maximum atomic E-state index is 12.7. The third kappa shape index (κ3) is 2.92. The van der Waals surface area contributed by atoms with Crippen molar-refractivity contribution in [3.63, 3.8) is 0 Å². The number of nitrogens with one attached hydrogen (secondary N) is 1. The molecule has 2 aromatic rings. The molecule has 104 valence electrons. The van der Waals surface area contributed by atoms with Gasteiger partial charge in [0.15, 0.2) is 0 Å². The highest BCUT2D eigenvalue weighted by Gasteiger charge is 2.30. The zero-order chi connectivity index (χ0) is 14.0. The molecule has 5 heteroatoms. The SMILES string of the molecule is CNCCCc1cc2cc(C(F)(F)F)ccc2n1C. The third-order valence-electron chi connectivity index (χ3n) is 3.33. The van der Waals surface area contributed by atoms with E-state index in [9.17, 15) is 13.2 Å². The summed E-state index contributed by atoms with van der Waals surface area (Å²) in [6.07, 6.45) is -2.46. The second-order valence-electron chi connectivity index (χ2n) is 4.67. The number of halogens is 3. The number of aromatic nitrogens is 1. The van der Waals surface area contributed by atoms with Crippen molar-refractivity contribution in [1.29, 1.82) is 0 Å². The molecule has 1 N–H and O–H groups in total. The van der Waals surface area contributed by atoms with Gasteiger partial charge in [-0.05, 0) is 50.7 Å². The van der Waals surface area contributed by atoms with Crippen molar-refractivity contribution in [3.8, 4) is 0 Å². The Kier molecular flexibility index (Phi) is 3.85. The molecule has 1 aromatic carbocycles. The lowest BCUT2D eigenvalue weighted by Crippen LogP contribution is -2.09. The number of fused-ring (bicyclic) bond motifs is 1. The predicted molar refractivity (Wildman–Crippen MR) is 70.2 cm³/mol. The van der Waals surface area contributed by atoms with Gasteiger partial charge in [-0.3, -0.25) is 0 Å². The van der Waals surface area contributed by atoms with E-state index in [1.807, 2.05) is 24.7 Å². The second-order valence-corrected chi connectivity index (χ2v) is 4.67. The van der Waals surface area contributed by atoms with Crippen LogP contribution in [0, 0.1) is 0 Å². The minimum Gasteiger partial charge on any atom is -0.348 e. The second kappa shape index (κ2) is 5.25. The minimum atomic E-state index is -4.28. The lowest BCUT2D eigenvalue weighted by molar-refractivity contribution is -0.137. The van der Waals surface area contributed by atoms with Gasteiger partial charge in [0.2, 0.25) is 0 Å². The molecular weight excluding hydrogens is 253 g/mol. The first kappa shape index (κ1) is 13.9. The molecule has 0 saturated heterocycles. The van der Waals surface area contributed by atoms with E-state index in [4.69, 9.17) is 0 Å². The molecule has 0 unspecified atom stereocenters. The Bertz CT molecular complexity index is 570.